The van der Waals surface area contributed by atoms with Gasteiger partial charge in [0.1, 0.15) is 16.5 Å². The Balaban J connectivity index is 2.31. The van der Waals surface area contributed by atoms with E-state index in [-0.39, 0.29) is 10.6 Å². The fraction of sp³-hybridized carbons (Fsp3) is 0.308. The van der Waals surface area contributed by atoms with Gasteiger partial charge in [-0.3, -0.25) is 0 Å². The van der Waals surface area contributed by atoms with E-state index in [0.29, 0.717) is 12.4 Å². The van der Waals surface area contributed by atoms with Crippen LogP contribution in [0.1, 0.15) is 24.4 Å². The van der Waals surface area contributed by atoms with Crippen molar-refractivity contribution in [3.05, 3.63) is 42.0 Å². The molecule has 0 radical (unpaired) electrons. The van der Waals surface area contributed by atoms with Gasteiger partial charge in [-0.25, -0.2) is 18.1 Å². The van der Waals surface area contributed by atoms with E-state index in [1.54, 1.807) is 31.5 Å². The molecule has 0 aliphatic rings. The van der Waals surface area contributed by atoms with Crippen molar-refractivity contribution in [1.29, 1.82) is 0 Å². The first-order chi connectivity index (χ1) is 9.97. The molecule has 1 atom stereocenters. The molecular weight excluding hydrogens is 292 g/mol. The van der Waals surface area contributed by atoms with Crippen molar-refractivity contribution in [2.24, 2.45) is 5.73 Å². The van der Waals surface area contributed by atoms with Gasteiger partial charge in [-0.15, -0.1) is 0 Å². The van der Waals surface area contributed by atoms with Gasteiger partial charge < -0.3 is 15.5 Å². The van der Waals surface area contributed by atoms with Crippen molar-refractivity contribution in [2.45, 2.75) is 24.4 Å². The molecule has 7 nitrogen and oxygen atoms in total. The maximum atomic E-state index is 12.5. The van der Waals surface area contributed by atoms with Crippen LogP contribution < -0.4 is 15.2 Å². The first-order valence-electron chi connectivity index (χ1n) is 6.36. The average Bonchev–Trinajstić information content (AvgIpc) is 3.00. The third kappa shape index (κ3) is 3.41. The summed E-state index contributed by atoms with van der Waals surface area (Å²) in [6.45, 7) is 2.02. The minimum Gasteiger partial charge on any atom is -0.495 e. The molecule has 2 rings (SSSR count). The van der Waals surface area contributed by atoms with Gasteiger partial charge in [0.2, 0.25) is 10.0 Å². The maximum Gasteiger partial charge on any atom is 0.244 e. The highest BCUT2D eigenvalue weighted by atomic mass is 32.2. The molecule has 0 fully saturated rings. The third-order valence-electron chi connectivity index (χ3n) is 3.01. The molecule has 21 heavy (non-hydrogen) atoms. The highest BCUT2D eigenvalue weighted by Gasteiger charge is 2.23. The van der Waals surface area contributed by atoms with E-state index >= 15 is 0 Å². The van der Waals surface area contributed by atoms with Crippen molar-refractivity contribution in [1.82, 2.24) is 14.7 Å². The van der Waals surface area contributed by atoms with Gasteiger partial charge in [-0.05, 0) is 24.6 Å². The van der Waals surface area contributed by atoms with E-state index in [4.69, 9.17) is 10.5 Å². The van der Waals surface area contributed by atoms with Gasteiger partial charge in [0, 0.05) is 18.9 Å². The number of H-pyrrole nitrogens is 1. The van der Waals surface area contributed by atoms with Crippen LogP contribution in [0, 0.1) is 0 Å². The number of benzene rings is 1. The van der Waals surface area contributed by atoms with E-state index in [1.165, 1.54) is 13.2 Å². The lowest BCUT2D eigenvalue weighted by Crippen LogP contribution is -2.28. The molecular formula is C13H18N4O3S. The summed E-state index contributed by atoms with van der Waals surface area (Å²) in [6, 6.07) is 4.28. The van der Waals surface area contributed by atoms with E-state index in [0.717, 1.165) is 5.56 Å². The van der Waals surface area contributed by atoms with Gasteiger partial charge in [-0.2, -0.15) is 0 Å². The molecule has 8 heteroatoms. The normalized spacial score (nSPS) is 13.1. The van der Waals surface area contributed by atoms with Crippen molar-refractivity contribution in [3.8, 4) is 5.75 Å². The lowest BCUT2D eigenvalue weighted by atomic mass is 10.2. The second-order valence-corrected chi connectivity index (χ2v) is 6.19. The number of imidazole rings is 1. The molecule has 0 aliphatic carbocycles. The number of methoxy groups -OCH3 is 1. The molecule has 1 aromatic heterocycles. The van der Waals surface area contributed by atoms with Crippen LogP contribution in [0.3, 0.4) is 0 Å². The van der Waals surface area contributed by atoms with E-state index in [2.05, 4.69) is 14.7 Å². The second kappa shape index (κ2) is 6.25. The summed E-state index contributed by atoms with van der Waals surface area (Å²) >= 11 is 0. The quantitative estimate of drug-likeness (QED) is 0.735. The van der Waals surface area contributed by atoms with Gasteiger partial charge in [0.15, 0.2) is 0 Å². The van der Waals surface area contributed by atoms with Crippen molar-refractivity contribution in [2.75, 3.05) is 7.11 Å². The monoisotopic (exact) mass is 310 g/mol. The molecule has 0 saturated heterocycles. The fourth-order valence-electron chi connectivity index (χ4n) is 1.93. The molecule has 0 bridgehead atoms. The minimum atomic E-state index is -3.73. The number of aromatic amines is 1. The first-order valence-corrected chi connectivity index (χ1v) is 7.85. The SMILES string of the molecule is COc1cc(CN)ccc1S(=O)(=O)NC(C)c1ncc[nH]1. The highest BCUT2D eigenvalue weighted by Crippen LogP contribution is 2.26. The first kappa shape index (κ1) is 15.5. The Morgan fingerprint density at radius 3 is 2.81 bits per heavy atom. The standard InChI is InChI=1S/C13H18N4O3S/c1-9(13-15-5-6-16-13)17-21(18,19)12-4-3-10(8-14)7-11(12)20-2/h3-7,9,17H,8,14H2,1-2H3,(H,15,16). The number of ether oxygens (including phenoxy) is 1. The Hall–Kier alpha value is -1.90. The Labute approximate surface area is 123 Å². The zero-order chi connectivity index (χ0) is 15.5. The number of hydrogen-bond donors (Lipinski definition) is 3. The zero-order valence-corrected chi connectivity index (χ0v) is 12.6. The Morgan fingerprint density at radius 1 is 1.48 bits per heavy atom. The molecule has 0 amide bonds. The van der Waals surface area contributed by atoms with Gasteiger partial charge in [-0.1, -0.05) is 6.07 Å². The average molecular weight is 310 g/mol. The number of nitrogens with zero attached hydrogens (tertiary/aromatic N) is 1. The summed E-state index contributed by atoms with van der Waals surface area (Å²) in [5, 5.41) is 0. The molecule has 4 N–H and O–H groups in total. The van der Waals surface area contributed by atoms with Crippen molar-refractivity contribution < 1.29 is 13.2 Å². The minimum absolute atomic E-state index is 0.0700. The molecule has 0 saturated carbocycles. The number of aromatic nitrogens is 2. The summed E-state index contributed by atoms with van der Waals surface area (Å²) in [5.41, 5.74) is 6.34. The Kier molecular flexibility index (Phi) is 4.61. The number of sulfonamides is 1. The smallest absolute Gasteiger partial charge is 0.244 e. The lowest BCUT2D eigenvalue weighted by molar-refractivity contribution is 0.401. The van der Waals surface area contributed by atoms with Gasteiger partial charge in [0.05, 0.1) is 13.2 Å². The summed E-state index contributed by atoms with van der Waals surface area (Å²) in [4.78, 5) is 6.98. The van der Waals surface area contributed by atoms with Crippen LogP contribution in [-0.2, 0) is 16.6 Å². The topological polar surface area (TPSA) is 110 Å². The summed E-state index contributed by atoms with van der Waals surface area (Å²) in [5.74, 6) is 0.799. The van der Waals surface area contributed by atoms with E-state index in [1.807, 2.05) is 0 Å². The fourth-order valence-corrected chi connectivity index (χ4v) is 3.29. The van der Waals surface area contributed by atoms with Crippen LogP contribution in [0.15, 0.2) is 35.5 Å². The molecule has 0 spiro atoms. The number of nitrogens with two attached hydrogens (primary N) is 1. The predicted octanol–water partition coefficient (Wildman–Crippen LogP) is 0.916. The molecule has 114 valence electrons. The van der Waals surface area contributed by atoms with E-state index in [9.17, 15) is 8.42 Å². The van der Waals surface area contributed by atoms with Crippen LogP contribution in [0.4, 0.5) is 0 Å². The van der Waals surface area contributed by atoms with Crippen LogP contribution in [0.2, 0.25) is 0 Å². The van der Waals surface area contributed by atoms with Crippen LogP contribution >= 0.6 is 0 Å². The Bertz CT molecular complexity index is 698. The second-order valence-electron chi connectivity index (χ2n) is 4.51. The van der Waals surface area contributed by atoms with Crippen LogP contribution in [0.5, 0.6) is 5.75 Å². The summed E-state index contributed by atoms with van der Waals surface area (Å²) < 4.78 is 32.6. The highest BCUT2D eigenvalue weighted by molar-refractivity contribution is 7.89. The molecule has 2 aromatic rings. The summed E-state index contributed by atoms with van der Waals surface area (Å²) in [7, 11) is -2.31. The zero-order valence-electron chi connectivity index (χ0n) is 11.8. The molecule has 1 unspecified atom stereocenters. The Morgan fingerprint density at radius 2 is 2.24 bits per heavy atom. The largest absolute Gasteiger partial charge is 0.495 e. The lowest BCUT2D eigenvalue weighted by Gasteiger charge is -2.15. The van der Waals surface area contributed by atoms with Gasteiger partial charge >= 0.3 is 0 Å². The van der Waals surface area contributed by atoms with Gasteiger partial charge in [0.25, 0.3) is 0 Å². The number of rotatable bonds is 6. The van der Waals surface area contributed by atoms with Crippen LogP contribution in [-0.4, -0.2) is 25.5 Å². The molecule has 1 heterocycles. The van der Waals surface area contributed by atoms with Crippen molar-refractivity contribution >= 4 is 10.0 Å². The number of nitrogens with one attached hydrogen (secondary N) is 2. The van der Waals surface area contributed by atoms with Crippen molar-refractivity contribution in [3.63, 3.8) is 0 Å². The maximum absolute atomic E-state index is 12.5. The molecule has 1 aromatic carbocycles. The summed E-state index contributed by atoms with van der Waals surface area (Å²) in [6.07, 6.45) is 3.20. The molecule has 0 aliphatic heterocycles. The van der Waals surface area contributed by atoms with E-state index < -0.39 is 16.1 Å². The number of hydrogen-bond acceptors (Lipinski definition) is 5. The third-order valence-corrected chi connectivity index (χ3v) is 4.59. The van der Waals surface area contributed by atoms with Crippen LogP contribution in [0.25, 0.3) is 0 Å². The predicted molar refractivity (Wildman–Crippen MR) is 78.2 cm³/mol.